The van der Waals surface area contributed by atoms with Gasteiger partial charge in [0.25, 0.3) is 0 Å². The fraction of sp³-hybridized carbons (Fsp3) is 0.0492. The maximum atomic E-state index is 6.16. The third kappa shape index (κ3) is 5.91. The number of furan rings is 1. The molecule has 1 aliphatic heterocycles. The summed E-state index contributed by atoms with van der Waals surface area (Å²) in [6.45, 7) is 4.74. The largest absolute Gasteiger partial charge is 0.456 e. The number of benzene rings is 10. The summed E-state index contributed by atoms with van der Waals surface area (Å²) in [5.74, 6) is 0. The number of para-hydroxylation sites is 4. The Bertz CT molecular complexity index is 3670. The van der Waals surface area contributed by atoms with E-state index in [0.29, 0.717) is 0 Å². The summed E-state index contributed by atoms with van der Waals surface area (Å²) in [6.07, 6.45) is 0. The van der Waals surface area contributed by atoms with E-state index in [2.05, 4.69) is 235 Å². The molecule has 0 unspecified atom stereocenters. The molecular formula is C61H43N3O. The summed E-state index contributed by atoms with van der Waals surface area (Å²) >= 11 is 0. The molecule has 2 aliphatic rings. The number of rotatable bonds is 6. The standard InChI is InChI=1S/C61H43N3O/c1-61(2)52-36-42(41-27-34-60-51(35-41)50-18-8-11-22-59(50)65-60)25-31-48(52)49-32-30-46(38-53(49)61)64-57-20-10-9-19-54(57)62-55-37-43(26-33-58(55)64)39-23-28-45(29-24-39)63(44-15-4-3-5-16-44)56-21-12-14-40-13-6-7-17-47(40)56/h3-38,62H,1-2H3. The Morgan fingerprint density at radius 3 is 1.92 bits per heavy atom. The Balaban J connectivity index is 0.847. The van der Waals surface area contributed by atoms with Gasteiger partial charge in [0.05, 0.1) is 28.4 Å². The third-order valence-electron chi connectivity index (χ3n) is 13.8. The van der Waals surface area contributed by atoms with E-state index in [1.807, 2.05) is 12.1 Å². The minimum atomic E-state index is -0.209. The third-order valence-corrected chi connectivity index (χ3v) is 13.8. The summed E-state index contributed by atoms with van der Waals surface area (Å²) in [6, 6.07) is 79.1. The van der Waals surface area contributed by atoms with Crippen molar-refractivity contribution in [2.24, 2.45) is 0 Å². The first kappa shape index (κ1) is 37.2. The van der Waals surface area contributed by atoms with E-state index in [1.54, 1.807) is 0 Å². The second-order valence-electron chi connectivity index (χ2n) is 17.9. The molecule has 4 nitrogen and oxygen atoms in total. The van der Waals surface area contributed by atoms with Crippen LogP contribution in [0.15, 0.2) is 223 Å². The molecule has 0 atom stereocenters. The molecule has 11 aromatic rings. The Morgan fingerprint density at radius 2 is 1.05 bits per heavy atom. The highest BCUT2D eigenvalue weighted by atomic mass is 16.3. The molecule has 0 amide bonds. The van der Waals surface area contributed by atoms with Crippen LogP contribution in [-0.4, -0.2) is 0 Å². The number of anilines is 8. The highest BCUT2D eigenvalue weighted by Gasteiger charge is 2.37. The second kappa shape index (κ2) is 14.3. The molecule has 0 bridgehead atoms. The summed E-state index contributed by atoms with van der Waals surface area (Å²) < 4.78 is 6.16. The van der Waals surface area contributed by atoms with Crippen LogP contribution in [0, 0.1) is 0 Å². The zero-order valence-corrected chi connectivity index (χ0v) is 36.1. The highest BCUT2D eigenvalue weighted by molar-refractivity contribution is 6.06. The van der Waals surface area contributed by atoms with Gasteiger partial charge < -0.3 is 19.5 Å². The van der Waals surface area contributed by atoms with Crippen LogP contribution >= 0.6 is 0 Å². The molecule has 1 N–H and O–H groups in total. The smallest absolute Gasteiger partial charge is 0.135 e. The van der Waals surface area contributed by atoms with E-state index >= 15 is 0 Å². The van der Waals surface area contributed by atoms with Crippen LogP contribution in [0.5, 0.6) is 0 Å². The topological polar surface area (TPSA) is 31.7 Å². The molecule has 0 spiro atoms. The molecule has 10 aromatic carbocycles. The van der Waals surface area contributed by atoms with Crippen molar-refractivity contribution in [2.75, 3.05) is 15.1 Å². The van der Waals surface area contributed by atoms with E-state index in [0.717, 1.165) is 78.6 Å². The average Bonchev–Trinajstić information content (AvgIpc) is 3.84. The molecule has 1 aromatic heterocycles. The molecular weight excluding hydrogens is 791 g/mol. The first-order chi connectivity index (χ1) is 32.0. The minimum Gasteiger partial charge on any atom is -0.456 e. The lowest BCUT2D eigenvalue weighted by molar-refractivity contribution is 0.660. The van der Waals surface area contributed by atoms with Gasteiger partial charge in [0, 0.05) is 38.6 Å². The first-order valence-electron chi connectivity index (χ1n) is 22.4. The number of hydrogen-bond donors (Lipinski definition) is 1. The molecule has 65 heavy (non-hydrogen) atoms. The number of nitrogens with one attached hydrogen (secondary N) is 1. The Hall–Kier alpha value is -8.34. The molecule has 0 saturated heterocycles. The summed E-state index contributed by atoms with van der Waals surface area (Å²) in [5, 5.41) is 8.54. The van der Waals surface area contributed by atoms with Crippen LogP contribution in [0.1, 0.15) is 25.0 Å². The maximum Gasteiger partial charge on any atom is 0.135 e. The lowest BCUT2D eigenvalue weighted by Crippen LogP contribution is -2.19. The zero-order valence-electron chi connectivity index (χ0n) is 36.1. The van der Waals surface area contributed by atoms with Gasteiger partial charge in [0.15, 0.2) is 0 Å². The van der Waals surface area contributed by atoms with Crippen molar-refractivity contribution >= 4 is 78.2 Å². The van der Waals surface area contributed by atoms with Gasteiger partial charge in [-0.25, -0.2) is 0 Å². The molecule has 308 valence electrons. The van der Waals surface area contributed by atoms with E-state index < -0.39 is 0 Å². The fourth-order valence-electron chi connectivity index (χ4n) is 10.5. The molecule has 4 heteroatoms. The van der Waals surface area contributed by atoms with E-state index in [-0.39, 0.29) is 5.41 Å². The average molecular weight is 834 g/mol. The van der Waals surface area contributed by atoms with Gasteiger partial charge in [-0.2, -0.15) is 0 Å². The van der Waals surface area contributed by atoms with Crippen molar-refractivity contribution in [3.63, 3.8) is 0 Å². The molecule has 0 fully saturated rings. The summed E-state index contributed by atoms with van der Waals surface area (Å²) in [7, 11) is 0. The lowest BCUT2D eigenvalue weighted by Gasteiger charge is -2.35. The Kier molecular flexibility index (Phi) is 8.22. The SMILES string of the molecule is CC1(C)c2cc(-c3ccc4oc5ccccc5c4c3)ccc2-c2ccc(N3c4ccccc4Nc4cc(-c5ccc(N(c6ccccc6)c6cccc7ccccc67)cc5)ccc43)cc21. The second-order valence-corrected chi connectivity index (χ2v) is 17.9. The van der Waals surface area contributed by atoms with Crippen molar-refractivity contribution in [1.29, 1.82) is 0 Å². The Labute approximate surface area is 378 Å². The van der Waals surface area contributed by atoms with Crippen LogP contribution in [0.4, 0.5) is 45.5 Å². The van der Waals surface area contributed by atoms with E-state index in [1.165, 1.54) is 44.2 Å². The van der Waals surface area contributed by atoms with Gasteiger partial charge in [-0.1, -0.05) is 141 Å². The minimum absolute atomic E-state index is 0.209. The molecule has 0 radical (unpaired) electrons. The van der Waals surface area contributed by atoms with Crippen LogP contribution in [0.25, 0.3) is 66.1 Å². The zero-order chi connectivity index (χ0) is 43.2. The predicted octanol–water partition coefficient (Wildman–Crippen LogP) is 17.4. The Morgan fingerprint density at radius 1 is 0.431 bits per heavy atom. The van der Waals surface area contributed by atoms with Crippen LogP contribution in [-0.2, 0) is 5.41 Å². The summed E-state index contributed by atoms with van der Waals surface area (Å²) in [5.41, 5.74) is 20.5. The molecule has 2 heterocycles. The van der Waals surface area contributed by atoms with E-state index in [4.69, 9.17) is 4.42 Å². The lowest BCUT2D eigenvalue weighted by atomic mass is 9.81. The fourth-order valence-corrected chi connectivity index (χ4v) is 10.5. The maximum absolute atomic E-state index is 6.16. The van der Waals surface area contributed by atoms with Gasteiger partial charge in [0.2, 0.25) is 0 Å². The van der Waals surface area contributed by atoms with Crippen LogP contribution < -0.4 is 15.1 Å². The monoisotopic (exact) mass is 833 g/mol. The highest BCUT2D eigenvalue weighted by Crippen LogP contribution is 2.54. The van der Waals surface area contributed by atoms with E-state index in [9.17, 15) is 0 Å². The number of fused-ring (bicyclic) bond motifs is 9. The van der Waals surface area contributed by atoms with Gasteiger partial charge >= 0.3 is 0 Å². The van der Waals surface area contributed by atoms with Gasteiger partial charge in [-0.3, -0.25) is 0 Å². The molecule has 1 aliphatic carbocycles. The van der Waals surface area contributed by atoms with Crippen molar-refractivity contribution in [3.05, 3.63) is 230 Å². The first-order valence-corrected chi connectivity index (χ1v) is 22.4. The normalized spacial score (nSPS) is 13.3. The van der Waals surface area contributed by atoms with Gasteiger partial charge in [-0.05, 0) is 141 Å². The van der Waals surface area contributed by atoms with Crippen molar-refractivity contribution in [3.8, 4) is 33.4 Å². The van der Waals surface area contributed by atoms with Crippen molar-refractivity contribution < 1.29 is 4.42 Å². The van der Waals surface area contributed by atoms with Crippen LogP contribution in [0.2, 0.25) is 0 Å². The van der Waals surface area contributed by atoms with Crippen molar-refractivity contribution in [2.45, 2.75) is 19.3 Å². The van der Waals surface area contributed by atoms with Crippen LogP contribution in [0.3, 0.4) is 0 Å². The quantitative estimate of drug-likeness (QED) is 0.181. The number of nitrogens with zero attached hydrogens (tertiary/aromatic N) is 2. The number of hydrogen-bond acceptors (Lipinski definition) is 4. The summed E-state index contributed by atoms with van der Waals surface area (Å²) in [4.78, 5) is 4.78. The van der Waals surface area contributed by atoms with Gasteiger partial charge in [0.1, 0.15) is 11.2 Å². The van der Waals surface area contributed by atoms with Crippen molar-refractivity contribution in [1.82, 2.24) is 0 Å². The molecule has 13 rings (SSSR count). The molecule has 0 saturated carbocycles. The predicted molar refractivity (Wildman–Crippen MR) is 272 cm³/mol. The van der Waals surface area contributed by atoms with Gasteiger partial charge in [-0.15, -0.1) is 0 Å².